The van der Waals surface area contributed by atoms with Gasteiger partial charge in [-0.05, 0) is 25.8 Å². The van der Waals surface area contributed by atoms with E-state index in [0.717, 1.165) is 40.5 Å². The van der Waals surface area contributed by atoms with Crippen LogP contribution >= 0.6 is 11.3 Å². The van der Waals surface area contributed by atoms with Crippen LogP contribution in [0.25, 0.3) is 21.7 Å². The molecule has 134 valence electrons. The maximum absolute atomic E-state index is 6.23. The zero-order valence-corrected chi connectivity index (χ0v) is 15.3. The van der Waals surface area contributed by atoms with Gasteiger partial charge in [0.15, 0.2) is 5.58 Å². The van der Waals surface area contributed by atoms with Gasteiger partial charge in [-0.3, -0.25) is 0 Å². The lowest BCUT2D eigenvalue weighted by molar-refractivity contribution is 0.437. The molecule has 0 radical (unpaired) electrons. The van der Waals surface area contributed by atoms with Crippen LogP contribution in [0.5, 0.6) is 5.75 Å². The van der Waals surface area contributed by atoms with Gasteiger partial charge in [-0.2, -0.15) is 4.98 Å². The summed E-state index contributed by atoms with van der Waals surface area (Å²) in [4.78, 5) is 11.5. The van der Waals surface area contributed by atoms with Gasteiger partial charge < -0.3 is 19.4 Å². The van der Waals surface area contributed by atoms with Gasteiger partial charge >= 0.3 is 0 Å². The van der Waals surface area contributed by atoms with E-state index >= 15 is 0 Å². The second kappa shape index (κ2) is 6.41. The van der Waals surface area contributed by atoms with Crippen LogP contribution in [0.3, 0.4) is 0 Å². The number of aromatic nitrogens is 2. The van der Waals surface area contributed by atoms with Crippen molar-refractivity contribution in [3.63, 3.8) is 0 Å². The monoisotopic (exact) mass is 368 g/mol. The number of hydrogen-bond acceptors (Lipinski definition) is 7. The lowest BCUT2D eigenvalue weighted by Gasteiger charge is -2.31. The van der Waals surface area contributed by atoms with Crippen molar-refractivity contribution in [3.05, 3.63) is 36.0 Å². The molecule has 7 heteroatoms. The van der Waals surface area contributed by atoms with Gasteiger partial charge in [-0.15, -0.1) is 11.3 Å². The highest BCUT2D eigenvalue weighted by atomic mass is 32.1. The molecule has 1 aromatic carbocycles. The van der Waals surface area contributed by atoms with Gasteiger partial charge in [0.1, 0.15) is 16.3 Å². The molecule has 0 spiro atoms. The molecule has 26 heavy (non-hydrogen) atoms. The van der Waals surface area contributed by atoms with Crippen molar-refractivity contribution >= 4 is 28.5 Å². The number of allylic oxidation sites excluding steroid dienone is 1. The molecule has 4 heterocycles. The molecular weight excluding hydrogens is 348 g/mol. The Balaban J connectivity index is 1.58. The minimum Gasteiger partial charge on any atom is -0.465 e. The number of nitrogens with zero attached hydrogens (tertiary/aromatic N) is 3. The first-order valence-electron chi connectivity index (χ1n) is 8.93. The summed E-state index contributed by atoms with van der Waals surface area (Å²) in [5, 5.41) is 6.51. The van der Waals surface area contributed by atoms with Crippen LogP contribution in [-0.4, -0.2) is 35.1 Å². The van der Waals surface area contributed by atoms with Crippen molar-refractivity contribution in [1.29, 1.82) is 0 Å². The summed E-state index contributed by atoms with van der Waals surface area (Å²) < 4.78 is 11.9. The summed E-state index contributed by atoms with van der Waals surface area (Å²) in [6.07, 6.45) is 7.79. The highest BCUT2D eigenvalue weighted by Gasteiger charge is 2.34. The zero-order valence-electron chi connectivity index (χ0n) is 14.5. The normalized spacial score (nSPS) is 22.6. The number of rotatable bonds is 4. The largest absolute Gasteiger partial charge is 0.465 e. The third-order valence-electron chi connectivity index (χ3n) is 4.94. The molecule has 5 rings (SSSR count). The van der Waals surface area contributed by atoms with Crippen LogP contribution in [0.4, 0.5) is 6.01 Å². The van der Waals surface area contributed by atoms with E-state index in [4.69, 9.17) is 14.1 Å². The van der Waals surface area contributed by atoms with Crippen molar-refractivity contribution in [2.75, 3.05) is 18.0 Å². The molecule has 0 aliphatic carbocycles. The van der Waals surface area contributed by atoms with E-state index in [1.807, 2.05) is 30.5 Å². The summed E-state index contributed by atoms with van der Waals surface area (Å²) in [6, 6.07) is 5.67. The van der Waals surface area contributed by atoms with Gasteiger partial charge in [0.2, 0.25) is 0 Å². The maximum atomic E-state index is 6.23. The molecule has 2 aliphatic rings. The van der Waals surface area contributed by atoms with Crippen LogP contribution in [0, 0.1) is 0 Å². The highest BCUT2D eigenvalue weighted by molar-refractivity contribution is 7.13. The number of nitrogens with one attached hydrogen (secondary N) is 1. The lowest BCUT2D eigenvalue weighted by atomic mass is 10.2. The molecule has 3 aromatic rings. The minimum atomic E-state index is 0.538. The Morgan fingerprint density at radius 3 is 2.88 bits per heavy atom. The number of ether oxygens (including phenoxy) is 1. The van der Waals surface area contributed by atoms with Crippen LogP contribution in [0.1, 0.15) is 19.8 Å². The van der Waals surface area contributed by atoms with Crippen LogP contribution < -0.4 is 15.0 Å². The van der Waals surface area contributed by atoms with E-state index in [9.17, 15) is 0 Å². The first-order valence-corrected chi connectivity index (χ1v) is 9.81. The summed E-state index contributed by atoms with van der Waals surface area (Å²) in [5.74, 6) is 0.737. The zero-order chi connectivity index (χ0) is 17.5. The predicted octanol–water partition coefficient (Wildman–Crippen LogP) is 3.80. The molecule has 2 saturated heterocycles. The average Bonchev–Trinajstić information content (AvgIpc) is 3.39. The Morgan fingerprint density at radius 2 is 2.15 bits per heavy atom. The van der Waals surface area contributed by atoms with Crippen molar-refractivity contribution in [2.45, 2.75) is 31.8 Å². The number of thiazole rings is 1. The van der Waals surface area contributed by atoms with Crippen molar-refractivity contribution in [3.8, 4) is 16.3 Å². The number of fused-ring (bicyclic) bond motifs is 3. The number of anilines is 1. The Kier molecular flexibility index (Phi) is 3.90. The average molecular weight is 368 g/mol. The van der Waals surface area contributed by atoms with Crippen molar-refractivity contribution < 1.29 is 9.15 Å². The quantitative estimate of drug-likeness (QED) is 0.707. The fourth-order valence-corrected chi connectivity index (χ4v) is 4.46. The first kappa shape index (κ1) is 15.8. The number of benzene rings is 1. The van der Waals surface area contributed by atoms with Gasteiger partial charge in [0, 0.05) is 42.8 Å². The Morgan fingerprint density at radius 1 is 1.31 bits per heavy atom. The third-order valence-corrected chi connectivity index (χ3v) is 5.75. The van der Waals surface area contributed by atoms with Gasteiger partial charge in [0.25, 0.3) is 6.01 Å². The van der Waals surface area contributed by atoms with Gasteiger partial charge in [0.05, 0.1) is 11.8 Å². The van der Waals surface area contributed by atoms with E-state index in [1.165, 1.54) is 12.8 Å². The molecule has 2 atom stereocenters. The van der Waals surface area contributed by atoms with E-state index in [0.29, 0.717) is 18.1 Å². The molecule has 2 fully saturated rings. The van der Waals surface area contributed by atoms with Crippen LogP contribution in [0.15, 0.2) is 40.5 Å². The maximum Gasteiger partial charge on any atom is 0.298 e. The standard InChI is InChI=1S/C19H20N4O2S/c1-2-6-24-14-8-15(18-20-5-7-26-18)17-16(9-14)22-19(25-17)23-10-12-3-4-13(11-23)21-12/h2,5-9,12-13,21H,3-4,10-11H2,1H3. The molecular formula is C19H20N4O2S. The summed E-state index contributed by atoms with van der Waals surface area (Å²) in [7, 11) is 0. The number of piperazine rings is 1. The topological polar surface area (TPSA) is 63.4 Å². The number of oxazole rings is 1. The predicted molar refractivity (Wildman–Crippen MR) is 103 cm³/mol. The molecule has 2 aliphatic heterocycles. The van der Waals surface area contributed by atoms with Crippen molar-refractivity contribution in [1.82, 2.24) is 15.3 Å². The summed E-state index contributed by atoms with van der Waals surface area (Å²) >= 11 is 1.58. The molecule has 0 saturated carbocycles. The second-order valence-corrected chi connectivity index (χ2v) is 7.68. The second-order valence-electron chi connectivity index (χ2n) is 6.78. The van der Waals surface area contributed by atoms with Gasteiger partial charge in [-0.1, -0.05) is 6.08 Å². The SMILES string of the molecule is CC=COc1cc(-c2nccs2)c2oc(N3CC4CCC(C3)N4)nc2c1. The summed E-state index contributed by atoms with van der Waals surface area (Å²) in [5.41, 5.74) is 2.50. The minimum absolute atomic E-state index is 0.538. The van der Waals surface area contributed by atoms with E-state index in [-0.39, 0.29) is 0 Å². The Hall–Kier alpha value is -2.38. The molecule has 2 bridgehead atoms. The molecule has 6 nitrogen and oxygen atoms in total. The van der Waals surface area contributed by atoms with E-state index in [1.54, 1.807) is 23.8 Å². The highest BCUT2D eigenvalue weighted by Crippen LogP contribution is 2.37. The molecule has 1 N–H and O–H groups in total. The molecule has 2 unspecified atom stereocenters. The molecule has 0 amide bonds. The molecule has 2 aromatic heterocycles. The van der Waals surface area contributed by atoms with Crippen LogP contribution in [0.2, 0.25) is 0 Å². The van der Waals surface area contributed by atoms with Crippen molar-refractivity contribution in [2.24, 2.45) is 0 Å². The Bertz CT molecular complexity index is 938. The number of hydrogen-bond donors (Lipinski definition) is 1. The lowest BCUT2D eigenvalue weighted by Crippen LogP contribution is -2.51. The van der Waals surface area contributed by atoms with Crippen LogP contribution in [-0.2, 0) is 0 Å². The van der Waals surface area contributed by atoms with Gasteiger partial charge in [-0.25, -0.2) is 4.98 Å². The smallest absolute Gasteiger partial charge is 0.298 e. The third kappa shape index (κ3) is 2.77. The van der Waals surface area contributed by atoms with E-state index < -0.39 is 0 Å². The fourth-order valence-electron chi connectivity index (χ4n) is 3.81. The first-order chi connectivity index (χ1) is 12.8. The fraction of sp³-hybridized carbons (Fsp3) is 0.368. The Labute approximate surface area is 155 Å². The van der Waals surface area contributed by atoms with E-state index in [2.05, 4.69) is 15.2 Å². The summed E-state index contributed by atoms with van der Waals surface area (Å²) in [6.45, 7) is 3.81.